The highest BCUT2D eigenvalue weighted by Gasteiger charge is 2.20. The van der Waals surface area contributed by atoms with Crippen LogP contribution in [0, 0.1) is 11.6 Å². The molecule has 0 bridgehead atoms. The van der Waals surface area contributed by atoms with Gasteiger partial charge < -0.3 is 10.1 Å². The summed E-state index contributed by atoms with van der Waals surface area (Å²) in [7, 11) is 0. The van der Waals surface area contributed by atoms with Gasteiger partial charge in [0.15, 0.2) is 6.10 Å². The maximum Gasteiger partial charge on any atom is 0.265 e. The van der Waals surface area contributed by atoms with Gasteiger partial charge in [-0.15, -0.1) is 0 Å². The van der Waals surface area contributed by atoms with Gasteiger partial charge in [0, 0.05) is 11.1 Å². The molecular weight excluding hydrogens is 312 g/mol. The predicted molar refractivity (Wildman–Crippen MR) is 81.1 cm³/mol. The molecule has 0 unspecified atom stereocenters. The average Bonchev–Trinajstić information content (AvgIpc) is 2.49. The first-order chi connectivity index (χ1) is 10.5. The fourth-order valence-electron chi connectivity index (χ4n) is 1.80. The maximum absolute atomic E-state index is 13.5. The van der Waals surface area contributed by atoms with Crippen molar-refractivity contribution in [1.29, 1.82) is 0 Å². The molecule has 1 atom stereocenters. The largest absolute Gasteiger partial charge is 0.481 e. The van der Waals surface area contributed by atoms with E-state index in [2.05, 4.69) is 5.32 Å². The Labute approximate surface area is 131 Å². The van der Waals surface area contributed by atoms with Gasteiger partial charge in [0.05, 0.1) is 5.69 Å². The van der Waals surface area contributed by atoms with Crippen LogP contribution in [-0.4, -0.2) is 12.0 Å². The van der Waals surface area contributed by atoms with E-state index in [0.717, 1.165) is 12.1 Å². The Morgan fingerprint density at radius 1 is 1.23 bits per heavy atom. The van der Waals surface area contributed by atoms with E-state index in [-0.39, 0.29) is 5.69 Å². The first-order valence-electron chi connectivity index (χ1n) is 6.67. The third kappa shape index (κ3) is 4.18. The lowest BCUT2D eigenvalue weighted by atomic mass is 10.2. The number of benzene rings is 2. The van der Waals surface area contributed by atoms with Gasteiger partial charge in [-0.1, -0.05) is 18.5 Å². The number of rotatable bonds is 5. The zero-order chi connectivity index (χ0) is 16.1. The lowest BCUT2D eigenvalue weighted by Gasteiger charge is -2.17. The van der Waals surface area contributed by atoms with Crippen molar-refractivity contribution < 1.29 is 18.3 Å². The van der Waals surface area contributed by atoms with Crippen LogP contribution in [0.4, 0.5) is 14.5 Å². The molecule has 0 spiro atoms. The van der Waals surface area contributed by atoms with Crippen molar-refractivity contribution in [1.82, 2.24) is 0 Å². The first-order valence-corrected chi connectivity index (χ1v) is 7.05. The zero-order valence-corrected chi connectivity index (χ0v) is 12.5. The number of carbonyl (C=O) groups is 1. The SMILES string of the molecule is CC[C@H](Oc1ccc(Cl)cc1)C(=O)Nc1ccc(F)cc1F. The molecule has 1 amide bonds. The quantitative estimate of drug-likeness (QED) is 0.884. The van der Waals surface area contributed by atoms with Crippen LogP contribution in [0.5, 0.6) is 5.75 Å². The normalized spacial score (nSPS) is 11.8. The summed E-state index contributed by atoms with van der Waals surface area (Å²) < 4.78 is 31.9. The van der Waals surface area contributed by atoms with Crippen molar-refractivity contribution in [2.75, 3.05) is 5.32 Å². The van der Waals surface area contributed by atoms with Crippen molar-refractivity contribution >= 4 is 23.2 Å². The van der Waals surface area contributed by atoms with Crippen LogP contribution >= 0.6 is 11.6 Å². The molecule has 0 saturated heterocycles. The minimum atomic E-state index is -0.838. The summed E-state index contributed by atoms with van der Waals surface area (Å²) >= 11 is 5.78. The molecule has 2 aromatic carbocycles. The van der Waals surface area contributed by atoms with E-state index in [9.17, 15) is 13.6 Å². The Balaban J connectivity index is 2.06. The van der Waals surface area contributed by atoms with Crippen molar-refractivity contribution in [2.24, 2.45) is 0 Å². The van der Waals surface area contributed by atoms with E-state index >= 15 is 0 Å². The van der Waals surface area contributed by atoms with Crippen LogP contribution in [-0.2, 0) is 4.79 Å². The summed E-state index contributed by atoms with van der Waals surface area (Å²) in [5.41, 5.74) is -0.0930. The molecule has 1 N–H and O–H groups in total. The van der Waals surface area contributed by atoms with E-state index in [1.165, 1.54) is 0 Å². The molecule has 2 rings (SSSR count). The molecule has 22 heavy (non-hydrogen) atoms. The molecular formula is C16H14ClF2NO2. The zero-order valence-electron chi connectivity index (χ0n) is 11.8. The highest BCUT2D eigenvalue weighted by Crippen LogP contribution is 2.19. The van der Waals surface area contributed by atoms with E-state index in [4.69, 9.17) is 16.3 Å². The second-order valence-electron chi connectivity index (χ2n) is 4.58. The van der Waals surface area contributed by atoms with Gasteiger partial charge in [-0.2, -0.15) is 0 Å². The van der Waals surface area contributed by atoms with Crippen LogP contribution < -0.4 is 10.1 Å². The molecule has 116 valence electrons. The molecule has 0 radical (unpaired) electrons. The van der Waals surface area contributed by atoms with Gasteiger partial charge in [0.25, 0.3) is 5.91 Å². The molecule has 0 saturated carbocycles. The molecule has 0 heterocycles. The average molecular weight is 326 g/mol. The Morgan fingerprint density at radius 3 is 2.50 bits per heavy atom. The molecule has 0 aliphatic heterocycles. The van der Waals surface area contributed by atoms with Crippen LogP contribution in [0.25, 0.3) is 0 Å². The summed E-state index contributed by atoms with van der Waals surface area (Å²) in [6.45, 7) is 1.77. The third-order valence-corrected chi connectivity index (χ3v) is 3.20. The summed E-state index contributed by atoms with van der Waals surface area (Å²) in [4.78, 5) is 12.1. The van der Waals surface area contributed by atoms with Crippen molar-refractivity contribution in [3.05, 3.63) is 59.1 Å². The Kier molecular flexibility index (Phi) is 5.33. The van der Waals surface area contributed by atoms with Crippen LogP contribution in [0.2, 0.25) is 5.02 Å². The number of halogens is 3. The van der Waals surface area contributed by atoms with Crippen molar-refractivity contribution in [3.63, 3.8) is 0 Å². The number of hydrogen-bond acceptors (Lipinski definition) is 2. The van der Waals surface area contributed by atoms with E-state index in [1.54, 1.807) is 31.2 Å². The summed E-state index contributed by atoms with van der Waals surface area (Å²) in [6, 6.07) is 9.49. The monoisotopic (exact) mass is 325 g/mol. The molecule has 2 aromatic rings. The second-order valence-corrected chi connectivity index (χ2v) is 5.02. The van der Waals surface area contributed by atoms with E-state index < -0.39 is 23.6 Å². The van der Waals surface area contributed by atoms with E-state index in [0.29, 0.717) is 23.3 Å². The lowest BCUT2D eigenvalue weighted by Crippen LogP contribution is -2.32. The Morgan fingerprint density at radius 2 is 1.91 bits per heavy atom. The number of ether oxygens (including phenoxy) is 1. The molecule has 0 fully saturated rings. The van der Waals surface area contributed by atoms with E-state index in [1.807, 2.05) is 0 Å². The highest BCUT2D eigenvalue weighted by molar-refractivity contribution is 6.30. The molecule has 0 aliphatic rings. The van der Waals surface area contributed by atoms with Gasteiger partial charge >= 0.3 is 0 Å². The Hall–Kier alpha value is -2.14. The molecule has 0 aliphatic carbocycles. The predicted octanol–water partition coefficient (Wildman–Crippen LogP) is 4.41. The lowest BCUT2D eigenvalue weighted by molar-refractivity contribution is -0.122. The smallest absolute Gasteiger partial charge is 0.265 e. The summed E-state index contributed by atoms with van der Waals surface area (Å²) in [5.74, 6) is -1.58. The fourth-order valence-corrected chi connectivity index (χ4v) is 1.93. The second kappa shape index (κ2) is 7.22. The topological polar surface area (TPSA) is 38.3 Å². The first kappa shape index (κ1) is 16.2. The van der Waals surface area contributed by atoms with Crippen LogP contribution in [0.3, 0.4) is 0 Å². The number of carbonyl (C=O) groups excluding carboxylic acids is 1. The number of nitrogens with one attached hydrogen (secondary N) is 1. The Bertz CT molecular complexity index is 662. The van der Waals surface area contributed by atoms with Gasteiger partial charge in [-0.05, 0) is 42.8 Å². The maximum atomic E-state index is 13.5. The number of anilines is 1. The van der Waals surface area contributed by atoms with Crippen molar-refractivity contribution in [3.8, 4) is 5.75 Å². The highest BCUT2D eigenvalue weighted by atomic mass is 35.5. The van der Waals surface area contributed by atoms with Gasteiger partial charge in [0.1, 0.15) is 17.4 Å². The minimum Gasteiger partial charge on any atom is -0.481 e. The van der Waals surface area contributed by atoms with Crippen molar-refractivity contribution in [2.45, 2.75) is 19.4 Å². The van der Waals surface area contributed by atoms with Crippen LogP contribution in [0.15, 0.2) is 42.5 Å². The summed E-state index contributed by atoms with van der Waals surface area (Å²) in [5, 5.41) is 2.94. The standard InChI is InChI=1S/C16H14ClF2NO2/c1-2-15(22-12-6-3-10(17)4-7-12)16(21)20-14-8-5-11(18)9-13(14)19/h3-9,15H,2H2,1H3,(H,20,21)/t15-/m0/s1. The van der Waals surface area contributed by atoms with Crippen LogP contribution in [0.1, 0.15) is 13.3 Å². The third-order valence-electron chi connectivity index (χ3n) is 2.94. The van der Waals surface area contributed by atoms with Gasteiger partial charge in [-0.25, -0.2) is 8.78 Å². The minimum absolute atomic E-state index is 0.0930. The van der Waals surface area contributed by atoms with Gasteiger partial charge in [0.2, 0.25) is 0 Å². The number of amides is 1. The molecule has 0 aromatic heterocycles. The fraction of sp³-hybridized carbons (Fsp3) is 0.188. The summed E-state index contributed by atoms with van der Waals surface area (Å²) in [6.07, 6.45) is -0.414. The number of hydrogen-bond donors (Lipinski definition) is 1. The molecule has 6 heteroatoms. The molecule has 3 nitrogen and oxygen atoms in total. The van der Waals surface area contributed by atoms with Gasteiger partial charge in [-0.3, -0.25) is 4.79 Å².